The third kappa shape index (κ3) is 2.94. The van der Waals surface area contributed by atoms with Crippen molar-refractivity contribution in [3.05, 3.63) is 0 Å². The van der Waals surface area contributed by atoms with Crippen molar-refractivity contribution >= 4 is 5.78 Å². The summed E-state index contributed by atoms with van der Waals surface area (Å²) < 4.78 is 0. The predicted molar refractivity (Wildman–Crippen MR) is 74.7 cm³/mol. The lowest BCUT2D eigenvalue weighted by Gasteiger charge is -2.49. The van der Waals surface area contributed by atoms with Crippen LogP contribution in [0.1, 0.15) is 44.9 Å². The van der Waals surface area contributed by atoms with Crippen LogP contribution in [0.15, 0.2) is 0 Å². The molecule has 0 aromatic heterocycles. The van der Waals surface area contributed by atoms with Gasteiger partial charge < -0.3 is 9.80 Å². The molecule has 0 aromatic rings. The monoisotopic (exact) mass is 252 g/mol. The van der Waals surface area contributed by atoms with Crippen molar-refractivity contribution in [2.24, 2.45) is 5.92 Å². The molecule has 18 heavy (non-hydrogen) atoms. The molecule has 2 rings (SSSR count). The lowest BCUT2D eigenvalue weighted by Crippen LogP contribution is -2.56. The van der Waals surface area contributed by atoms with E-state index >= 15 is 0 Å². The lowest BCUT2D eigenvalue weighted by molar-refractivity contribution is -0.120. The van der Waals surface area contributed by atoms with Gasteiger partial charge >= 0.3 is 0 Å². The summed E-state index contributed by atoms with van der Waals surface area (Å²) in [4.78, 5) is 16.5. The third-order valence-electron chi connectivity index (χ3n) is 5.09. The Balaban J connectivity index is 1.74. The fourth-order valence-electron chi connectivity index (χ4n) is 3.48. The van der Waals surface area contributed by atoms with Gasteiger partial charge in [0.25, 0.3) is 0 Å². The summed E-state index contributed by atoms with van der Waals surface area (Å²) in [6, 6.07) is 0. The molecular formula is C15H28N2O. The number of nitrogens with zero attached hydrogens (tertiary/aromatic N) is 2. The number of Topliss-reactive ketones (excluding diaryl/α,β-unsaturated/α-hetero) is 1. The first-order chi connectivity index (χ1) is 8.53. The van der Waals surface area contributed by atoms with E-state index in [1.807, 2.05) is 0 Å². The second kappa shape index (κ2) is 5.70. The minimum Gasteiger partial charge on any atom is -0.305 e. The third-order valence-corrected chi connectivity index (χ3v) is 5.09. The van der Waals surface area contributed by atoms with Gasteiger partial charge in [0.1, 0.15) is 5.78 Å². The molecule has 0 amide bonds. The Bertz CT molecular complexity index is 297. The zero-order valence-electron chi connectivity index (χ0n) is 12.2. The van der Waals surface area contributed by atoms with Crippen LogP contribution in [-0.2, 0) is 4.79 Å². The van der Waals surface area contributed by atoms with Crippen molar-refractivity contribution < 1.29 is 4.79 Å². The summed E-state index contributed by atoms with van der Waals surface area (Å²) in [6.07, 6.45) is 8.17. The Kier molecular flexibility index (Phi) is 4.44. The molecule has 0 bridgehead atoms. The normalized spacial score (nSPS) is 26.9. The van der Waals surface area contributed by atoms with Crippen LogP contribution < -0.4 is 0 Å². The van der Waals surface area contributed by atoms with Crippen LogP contribution in [0.2, 0.25) is 0 Å². The predicted octanol–water partition coefficient (Wildman–Crippen LogP) is 2.16. The van der Waals surface area contributed by atoms with Crippen molar-refractivity contribution in [3.63, 3.8) is 0 Å². The van der Waals surface area contributed by atoms with Crippen molar-refractivity contribution in [2.75, 3.05) is 34.2 Å². The Morgan fingerprint density at radius 3 is 2.39 bits per heavy atom. The topological polar surface area (TPSA) is 23.6 Å². The average molecular weight is 252 g/mol. The molecule has 2 fully saturated rings. The molecule has 0 aliphatic heterocycles. The highest BCUT2D eigenvalue weighted by atomic mass is 16.1. The number of rotatable bonds is 6. The van der Waals surface area contributed by atoms with Crippen LogP contribution in [0.3, 0.4) is 0 Å². The minimum atomic E-state index is 0.365. The average Bonchev–Trinajstić information content (AvgIpc) is 2.66. The number of carbonyl (C=O) groups is 1. The quantitative estimate of drug-likeness (QED) is 0.724. The largest absolute Gasteiger partial charge is 0.305 e. The molecule has 3 heteroatoms. The maximum absolute atomic E-state index is 11.6. The molecular weight excluding hydrogens is 224 g/mol. The number of carbonyl (C=O) groups excluding carboxylic acids is 1. The second-order valence-electron chi connectivity index (χ2n) is 6.55. The highest BCUT2D eigenvalue weighted by Gasteiger charge is 2.39. The number of ketones is 1. The van der Waals surface area contributed by atoms with Crippen LogP contribution >= 0.6 is 0 Å². The Hall–Kier alpha value is -0.410. The van der Waals surface area contributed by atoms with E-state index in [1.165, 1.54) is 19.3 Å². The molecule has 2 saturated carbocycles. The Labute approximate surface area is 112 Å². The van der Waals surface area contributed by atoms with Crippen LogP contribution in [0.5, 0.6) is 0 Å². The van der Waals surface area contributed by atoms with Gasteiger partial charge in [-0.3, -0.25) is 4.79 Å². The van der Waals surface area contributed by atoms with Crippen molar-refractivity contribution in [2.45, 2.75) is 50.5 Å². The Morgan fingerprint density at radius 2 is 1.94 bits per heavy atom. The molecule has 1 atom stereocenters. The van der Waals surface area contributed by atoms with Crippen molar-refractivity contribution in [1.82, 2.24) is 9.80 Å². The zero-order valence-corrected chi connectivity index (χ0v) is 12.2. The van der Waals surface area contributed by atoms with Gasteiger partial charge in [0.2, 0.25) is 0 Å². The molecule has 1 unspecified atom stereocenters. The first-order valence-corrected chi connectivity index (χ1v) is 7.42. The number of hydrogen-bond acceptors (Lipinski definition) is 3. The van der Waals surface area contributed by atoms with Gasteiger partial charge in [-0.2, -0.15) is 0 Å². The standard InChI is InChI=1S/C15H28N2O/c1-16(2)15(9-5-10-15)12-17(3)11-8-13-6-4-7-14(13)18/h13H,4-12H2,1-3H3. The van der Waals surface area contributed by atoms with Gasteiger partial charge in [-0.1, -0.05) is 0 Å². The van der Waals surface area contributed by atoms with Gasteiger partial charge in [-0.25, -0.2) is 0 Å². The molecule has 3 nitrogen and oxygen atoms in total. The van der Waals surface area contributed by atoms with Gasteiger partial charge in [0.15, 0.2) is 0 Å². The molecule has 0 spiro atoms. The molecule has 0 saturated heterocycles. The molecule has 104 valence electrons. The molecule has 2 aliphatic rings. The van der Waals surface area contributed by atoms with Gasteiger partial charge in [0, 0.05) is 24.4 Å². The SMILES string of the molecule is CN(CCC1CCCC1=O)CC1(N(C)C)CCC1. The van der Waals surface area contributed by atoms with E-state index in [9.17, 15) is 4.79 Å². The van der Waals surface area contributed by atoms with E-state index < -0.39 is 0 Å². The molecule has 0 aromatic carbocycles. The van der Waals surface area contributed by atoms with E-state index in [0.717, 1.165) is 38.8 Å². The molecule has 0 radical (unpaired) electrons. The van der Waals surface area contributed by atoms with Crippen molar-refractivity contribution in [3.8, 4) is 0 Å². The van der Waals surface area contributed by atoms with Gasteiger partial charge in [0.05, 0.1) is 0 Å². The summed E-state index contributed by atoms with van der Waals surface area (Å²) in [6.45, 7) is 2.23. The smallest absolute Gasteiger partial charge is 0.136 e. The first-order valence-electron chi connectivity index (χ1n) is 7.42. The minimum absolute atomic E-state index is 0.365. The summed E-state index contributed by atoms with van der Waals surface area (Å²) >= 11 is 0. The summed E-state index contributed by atoms with van der Waals surface area (Å²) in [7, 11) is 6.62. The second-order valence-corrected chi connectivity index (χ2v) is 6.55. The Morgan fingerprint density at radius 1 is 1.22 bits per heavy atom. The molecule has 0 heterocycles. The number of likely N-dealkylation sites (N-methyl/N-ethyl adjacent to an activating group) is 2. The maximum atomic E-state index is 11.6. The summed E-state index contributed by atoms with van der Waals surface area (Å²) in [5.41, 5.74) is 0.411. The first kappa shape index (κ1) is 14.0. The van der Waals surface area contributed by atoms with Crippen LogP contribution in [0, 0.1) is 5.92 Å². The van der Waals surface area contributed by atoms with Crippen molar-refractivity contribution in [1.29, 1.82) is 0 Å². The van der Waals surface area contributed by atoms with E-state index in [4.69, 9.17) is 0 Å². The van der Waals surface area contributed by atoms with Crippen LogP contribution in [-0.4, -0.2) is 55.4 Å². The summed E-state index contributed by atoms with van der Waals surface area (Å²) in [5.74, 6) is 0.874. The van der Waals surface area contributed by atoms with Crippen LogP contribution in [0.25, 0.3) is 0 Å². The summed E-state index contributed by atoms with van der Waals surface area (Å²) in [5, 5.41) is 0. The zero-order chi connectivity index (χ0) is 13.2. The van der Waals surface area contributed by atoms with E-state index in [1.54, 1.807) is 0 Å². The van der Waals surface area contributed by atoms with E-state index in [2.05, 4.69) is 30.9 Å². The van der Waals surface area contributed by atoms with E-state index in [0.29, 0.717) is 17.2 Å². The van der Waals surface area contributed by atoms with E-state index in [-0.39, 0.29) is 0 Å². The van der Waals surface area contributed by atoms with Gasteiger partial charge in [-0.15, -0.1) is 0 Å². The highest BCUT2D eigenvalue weighted by molar-refractivity contribution is 5.82. The maximum Gasteiger partial charge on any atom is 0.136 e. The fourth-order valence-corrected chi connectivity index (χ4v) is 3.48. The highest BCUT2D eigenvalue weighted by Crippen LogP contribution is 2.36. The fraction of sp³-hybridized carbons (Fsp3) is 0.933. The number of hydrogen-bond donors (Lipinski definition) is 0. The molecule has 0 N–H and O–H groups in total. The van der Waals surface area contributed by atoms with Crippen LogP contribution in [0.4, 0.5) is 0 Å². The van der Waals surface area contributed by atoms with Gasteiger partial charge in [-0.05, 0) is 66.2 Å². The lowest BCUT2D eigenvalue weighted by atomic mass is 9.75. The molecule has 2 aliphatic carbocycles.